The molecular weight excluding hydrogens is 532 g/mol. The van der Waals surface area contributed by atoms with E-state index in [-0.39, 0.29) is 31.1 Å². The minimum Gasteiger partial charge on any atom is -0.481 e. The van der Waals surface area contributed by atoms with Crippen LogP contribution in [0.3, 0.4) is 0 Å². The molecule has 0 saturated heterocycles. The van der Waals surface area contributed by atoms with Crippen molar-refractivity contribution in [3.05, 3.63) is 107 Å². The van der Waals surface area contributed by atoms with Gasteiger partial charge in [0.15, 0.2) is 8.32 Å². The summed E-state index contributed by atoms with van der Waals surface area (Å²) in [6.45, 7) is 15.0. The summed E-state index contributed by atoms with van der Waals surface area (Å²) in [4.78, 5) is 23.8. The van der Waals surface area contributed by atoms with E-state index in [1.54, 1.807) is 0 Å². The number of hydrogen-bond acceptors (Lipinski definition) is 5. The number of benzene rings is 3. The van der Waals surface area contributed by atoms with Gasteiger partial charge in [0.25, 0.3) is 0 Å². The summed E-state index contributed by atoms with van der Waals surface area (Å²) in [5.74, 6) is -1.63. The fraction of sp³-hybridized carbons (Fsp3) is 0.412. The Kier molecular flexibility index (Phi) is 10.7. The van der Waals surface area contributed by atoms with Crippen LogP contribution in [0.1, 0.15) is 61.4 Å². The number of aliphatic carboxylic acids is 1. The van der Waals surface area contributed by atoms with Gasteiger partial charge >= 0.3 is 11.9 Å². The van der Waals surface area contributed by atoms with E-state index < -0.39 is 32.0 Å². The molecule has 0 bridgehead atoms. The summed E-state index contributed by atoms with van der Waals surface area (Å²) in [7, 11) is -2.18. The van der Waals surface area contributed by atoms with Crippen molar-refractivity contribution < 1.29 is 28.6 Å². The molecule has 0 aliphatic carbocycles. The van der Waals surface area contributed by atoms with Gasteiger partial charge < -0.3 is 19.0 Å². The summed E-state index contributed by atoms with van der Waals surface area (Å²) in [6.07, 6.45) is -1.24. The third-order valence-electron chi connectivity index (χ3n) is 7.86. The number of carbonyl (C=O) groups excluding carboxylic acids is 1. The lowest BCUT2D eigenvalue weighted by Gasteiger charge is -2.39. The third-order valence-corrected chi connectivity index (χ3v) is 12.4. The summed E-state index contributed by atoms with van der Waals surface area (Å²) in [5, 5.41) is 9.03. The highest BCUT2D eigenvalue weighted by Gasteiger charge is 2.41. The number of aryl methyl sites for hydroxylation is 2. The van der Waals surface area contributed by atoms with E-state index in [0.717, 1.165) is 27.8 Å². The zero-order valence-corrected chi connectivity index (χ0v) is 26.4. The van der Waals surface area contributed by atoms with E-state index in [9.17, 15) is 9.59 Å². The molecule has 3 rings (SSSR count). The SMILES string of the molecule is Cc1ccc(C(OCC(CO[Si](C)(C)C(C)(C)C)OC(=O)CCC(=O)O)(c2ccccc2)c2ccc(C)cc2)cc1. The molecule has 0 saturated carbocycles. The van der Waals surface area contributed by atoms with Gasteiger partial charge in [-0.05, 0) is 48.7 Å². The van der Waals surface area contributed by atoms with Crippen LogP contribution in [0.2, 0.25) is 18.1 Å². The van der Waals surface area contributed by atoms with Crippen molar-refractivity contribution in [1.29, 1.82) is 0 Å². The van der Waals surface area contributed by atoms with E-state index in [1.807, 2.05) is 44.2 Å². The molecule has 0 radical (unpaired) electrons. The first-order valence-corrected chi connectivity index (χ1v) is 17.0. The van der Waals surface area contributed by atoms with Crippen LogP contribution in [-0.2, 0) is 29.1 Å². The molecule has 7 heteroatoms. The van der Waals surface area contributed by atoms with Crippen LogP contribution in [0.25, 0.3) is 0 Å². The van der Waals surface area contributed by atoms with Gasteiger partial charge in [-0.15, -0.1) is 0 Å². The van der Waals surface area contributed by atoms with Crippen LogP contribution >= 0.6 is 0 Å². The largest absolute Gasteiger partial charge is 0.481 e. The van der Waals surface area contributed by atoms with Gasteiger partial charge in [0.05, 0.1) is 26.1 Å². The van der Waals surface area contributed by atoms with Gasteiger partial charge in [0.2, 0.25) is 0 Å². The Morgan fingerprint density at radius 1 is 0.756 bits per heavy atom. The lowest BCUT2D eigenvalue weighted by molar-refractivity contribution is -0.159. The minimum atomic E-state index is -2.18. The lowest BCUT2D eigenvalue weighted by Crippen LogP contribution is -2.45. The van der Waals surface area contributed by atoms with Crippen LogP contribution in [0.4, 0.5) is 0 Å². The Bertz CT molecular complexity index is 1230. The van der Waals surface area contributed by atoms with Crippen molar-refractivity contribution in [2.24, 2.45) is 0 Å². The minimum absolute atomic E-state index is 0.0384. The highest BCUT2D eigenvalue weighted by molar-refractivity contribution is 6.74. The highest BCUT2D eigenvalue weighted by atomic mass is 28.4. The molecule has 3 aromatic rings. The van der Waals surface area contributed by atoms with Gasteiger partial charge in [-0.1, -0.05) is 111 Å². The number of rotatable bonds is 13. The van der Waals surface area contributed by atoms with Gasteiger partial charge in [0.1, 0.15) is 11.7 Å². The first-order chi connectivity index (χ1) is 19.2. The third kappa shape index (κ3) is 8.38. The summed E-state index contributed by atoms with van der Waals surface area (Å²) >= 11 is 0. The Balaban J connectivity index is 2.05. The fourth-order valence-corrected chi connectivity index (χ4v) is 5.34. The van der Waals surface area contributed by atoms with Crippen LogP contribution in [-0.4, -0.2) is 44.7 Å². The molecule has 0 aliphatic heterocycles. The second kappa shape index (κ2) is 13.6. The van der Waals surface area contributed by atoms with Gasteiger partial charge in [-0.3, -0.25) is 9.59 Å². The van der Waals surface area contributed by atoms with E-state index in [4.69, 9.17) is 19.0 Å². The molecular formula is C34H44O6Si. The highest BCUT2D eigenvalue weighted by Crippen LogP contribution is 2.41. The number of carbonyl (C=O) groups is 2. The topological polar surface area (TPSA) is 82.1 Å². The number of carboxylic acids is 1. The van der Waals surface area contributed by atoms with Crippen LogP contribution in [0.15, 0.2) is 78.9 Å². The Morgan fingerprint density at radius 2 is 1.24 bits per heavy atom. The van der Waals surface area contributed by atoms with E-state index >= 15 is 0 Å². The zero-order valence-electron chi connectivity index (χ0n) is 25.4. The van der Waals surface area contributed by atoms with E-state index in [0.29, 0.717) is 0 Å². The van der Waals surface area contributed by atoms with E-state index in [1.165, 1.54) is 0 Å². The van der Waals surface area contributed by atoms with Crippen LogP contribution in [0.5, 0.6) is 0 Å². The maximum absolute atomic E-state index is 12.7. The first-order valence-electron chi connectivity index (χ1n) is 14.1. The average Bonchev–Trinajstić information content (AvgIpc) is 2.92. The molecule has 0 fully saturated rings. The quantitative estimate of drug-likeness (QED) is 0.130. The molecule has 0 spiro atoms. The molecule has 6 nitrogen and oxygen atoms in total. The molecule has 3 aromatic carbocycles. The first kappa shape index (κ1) is 32.3. The van der Waals surface area contributed by atoms with Crippen molar-refractivity contribution in [2.75, 3.05) is 13.2 Å². The van der Waals surface area contributed by atoms with Crippen molar-refractivity contribution in [3.63, 3.8) is 0 Å². The van der Waals surface area contributed by atoms with Crippen molar-refractivity contribution >= 4 is 20.3 Å². The predicted octanol–water partition coefficient (Wildman–Crippen LogP) is 7.41. The summed E-state index contributed by atoms with van der Waals surface area (Å²) in [5.41, 5.74) is 4.10. The molecule has 0 amide bonds. The van der Waals surface area contributed by atoms with Crippen LogP contribution < -0.4 is 0 Å². The number of ether oxygens (including phenoxy) is 2. The molecule has 0 aliphatic rings. The standard InChI is InChI=1S/C34H44O6Si/c1-25-13-17-28(18-14-25)34(27-11-9-8-10-12-27,29-19-15-26(2)16-20-29)38-23-30(40-32(37)22-21-31(35)36)24-39-41(6,7)33(3,4)5/h8-20,30H,21-24H2,1-7H3,(H,35,36). The summed E-state index contributed by atoms with van der Waals surface area (Å²) < 4.78 is 19.2. The smallest absolute Gasteiger partial charge is 0.306 e. The molecule has 220 valence electrons. The van der Waals surface area contributed by atoms with Gasteiger partial charge in [-0.25, -0.2) is 0 Å². The van der Waals surface area contributed by atoms with Gasteiger partial charge in [-0.2, -0.15) is 0 Å². The molecule has 1 N–H and O–H groups in total. The molecule has 0 aromatic heterocycles. The molecule has 41 heavy (non-hydrogen) atoms. The number of carboxylic acid groups (broad SMARTS) is 1. The second-order valence-corrected chi connectivity index (χ2v) is 17.0. The van der Waals surface area contributed by atoms with Gasteiger partial charge in [0, 0.05) is 0 Å². The Labute approximate surface area is 245 Å². The molecule has 0 heterocycles. The maximum atomic E-state index is 12.7. The number of esters is 1. The van der Waals surface area contributed by atoms with Crippen LogP contribution in [0, 0.1) is 13.8 Å². The maximum Gasteiger partial charge on any atom is 0.306 e. The average molecular weight is 577 g/mol. The lowest BCUT2D eigenvalue weighted by atomic mass is 9.79. The van der Waals surface area contributed by atoms with Crippen molar-refractivity contribution in [3.8, 4) is 0 Å². The summed E-state index contributed by atoms with van der Waals surface area (Å²) in [6, 6.07) is 26.6. The second-order valence-electron chi connectivity index (χ2n) is 12.2. The Morgan fingerprint density at radius 3 is 1.71 bits per heavy atom. The number of hydrogen-bond donors (Lipinski definition) is 1. The van der Waals surface area contributed by atoms with Crippen molar-refractivity contribution in [1.82, 2.24) is 0 Å². The Hall–Kier alpha value is -3.26. The van der Waals surface area contributed by atoms with Crippen molar-refractivity contribution in [2.45, 2.75) is 77.3 Å². The van der Waals surface area contributed by atoms with E-state index in [2.05, 4.69) is 82.4 Å². The molecule has 1 unspecified atom stereocenters. The zero-order chi connectivity index (χ0) is 30.3. The molecule has 1 atom stereocenters. The monoisotopic (exact) mass is 576 g/mol. The normalized spacial score (nSPS) is 13.0. The fourth-order valence-electron chi connectivity index (χ4n) is 4.31. The predicted molar refractivity (Wildman–Crippen MR) is 165 cm³/mol.